The summed E-state index contributed by atoms with van der Waals surface area (Å²) in [4.78, 5) is 29.4. The van der Waals surface area contributed by atoms with Crippen molar-refractivity contribution in [2.24, 2.45) is 17.8 Å². The number of halogens is 1. The first-order valence-corrected chi connectivity index (χ1v) is 10.9. The van der Waals surface area contributed by atoms with Crippen LogP contribution < -0.4 is 10.6 Å². The van der Waals surface area contributed by atoms with E-state index < -0.39 is 11.8 Å². The quantitative estimate of drug-likeness (QED) is 0.681. The van der Waals surface area contributed by atoms with Crippen LogP contribution in [0.3, 0.4) is 0 Å². The highest BCUT2D eigenvalue weighted by atomic mass is 19.1. The van der Waals surface area contributed by atoms with Crippen molar-refractivity contribution in [2.75, 3.05) is 11.9 Å². The van der Waals surface area contributed by atoms with Gasteiger partial charge in [0, 0.05) is 11.7 Å². The highest BCUT2D eigenvalue weighted by Gasteiger charge is 2.51. The number of nitrogens with zero attached hydrogens (tertiary/aromatic N) is 1. The van der Waals surface area contributed by atoms with Gasteiger partial charge in [0.05, 0.1) is 5.69 Å². The van der Waals surface area contributed by atoms with Crippen LogP contribution in [0.25, 0.3) is 0 Å². The maximum Gasteiger partial charge on any atom is 0.342 e. The van der Waals surface area contributed by atoms with Crippen LogP contribution in [0.15, 0.2) is 42.6 Å². The lowest BCUT2D eigenvalue weighted by molar-refractivity contribution is -0.130. The Morgan fingerprint density at radius 2 is 1.71 bits per heavy atom. The van der Waals surface area contributed by atoms with Gasteiger partial charge in [-0.1, -0.05) is 12.1 Å². The molecule has 6 nitrogen and oxygen atoms in total. The van der Waals surface area contributed by atoms with Crippen molar-refractivity contribution in [3.8, 4) is 0 Å². The van der Waals surface area contributed by atoms with Crippen molar-refractivity contribution in [2.45, 2.75) is 44.1 Å². The number of carbonyl (C=O) groups excluding carboxylic acids is 2. The molecule has 1 heterocycles. The topological polar surface area (TPSA) is 80.3 Å². The average molecular weight is 423 g/mol. The number of aromatic nitrogens is 1. The van der Waals surface area contributed by atoms with Crippen molar-refractivity contribution in [1.29, 1.82) is 0 Å². The van der Waals surface area contributed by atoms with E-state index in [1.807, 2.05) is 0 Å². The Balaban J connectivity index is 1.21. The highest BCUT2D eigenvalue weighted by molar-refractivity contribution is 5.96. The molecule has 0 spiro atoms. The molecular formula is C24H26FN3O3. The summed E-state index contributed by atoms with van der Waals surface area (Å²) in [5, 5.41) is 6.02. The summed E-state index contributed by atoms with van der Waals surface area (Å²) < 4.78 is 19.2. The van der Waals surface area contributed by atoms with Crippen molar-refractivity contribution in [3.05, 3.63) is 54.0 Å². The van der Waals surface area contributed by atoms with Crippen molar-refractivity contribution >= 4 is 23.4 Å². The predicted molar refractivity (Wildman–Crippen MR) is 113 cm³/mol. The fourth-order valence-electron chi connectivity index (χ4n) is 6.16. The number of amides is 1. The molecule has 2 aromatic rings. The summed E-state index contributed by atoms with van der Waals surface area (Å²) >= 11 is 0. The minimum absolute atomic E-state index is 0.121. The number of benzene rings is 1. The normalized spacial score (nSPS) is 28.2. The molecule has 4 aliphatic rings. The minimum Gasteiger partial charge on any atom is -0.452 e. The first-order chi connectivity index (χ1) is 15.0. The second kappa shape index (κ2) is 7.94. The van der Waals surface area contributed by atoms with Crippen LogP contribution in [0, 0.1) is 23.6 Å². The first-order valence-electron chi connectivity index (χ1n) is 10.9. The molecule has 0 saturated heterocycles. The summed E-state index contributed by atoms with van der Waals surface area (Å²) in [6, 6.07) is 9.27. The molecular weight excluding hydrogens is 397 g/mol. The Morgan fingerprint density at radius 3 is 2.39 bits per heavy atom. The van der Waals surface area contributed by atoms with E-state index in [0.29, 0.717) is 0 Å². The van der Waals surface area contributed by atoms with E-state index in [0.717, 1.165) is 37.0 Å². The summed E-state index contributed by atoms with van der Waals surface area (Å²) in [5.41, 5.74) is 0.229. The van der Waals surface area contributed by atoms with Crippen LogP contribution in [0.1, 0.15) is 48.9 Å². The molecule has 0 aliphatic heterocycles. The maximum absolute atomic E-state index is 14.0. The number of esters is 1. The third-order valence-corrected chi connectivity index (χ3v) is 6.93. The second-order valence-corrected chi connectivity index (χ2v) is 9.33. The number of pyridine rings is 1. The van der Waals surface area contributed by atoms with Gasteiger partial charge in [-0.25, -0.2) is 14.2 Å². The number of ether oxygens (including phenoxy) is 1. The third-order valence-electron chi connectivity index (χ3n) is 6.93. The number of hydrogen-bond donors (Lipinski definition) is 2. The standard InChI is InChI=1S/C24H26FN3O3/c25-19-5-1-2-6-20(19)27-22-18(4-3-7-26-22)23(30)31-14-21(29)28-24-11-15-8-16(12-24)10-17(9-15)13-24/h1-7,15-17H,8-14H2,(H,26,27)(H,28,29). The van der Waals surface area contributed by atoms with Crippen LogP contribution in [-0.2, 0) is 9.53 Å². The zero-order valence-electron chi connectivity index (χ0n) is 17.3. The monoisotopic (exact) mass is 423 g/mol. The van der Waals surface area contributed by atoms with Crippen LogP contribution in [0.5, 0.6) is 0 Å². The van der Waals surface area contributed by atoms with Gasteiger partial charge in [0.15, 0.2) is 6.61 Å². The number of rotatable bonds is 6. The minimum atomic E-state index is -0.674. The largest absolute Gasteiger partial charge is 0.452 e. The molecule has 0 atom stereocenters. The molecule has 2 N–H and O–H groups in total. The molecule has 0 radical (unpaired) electrons. The second-order valence-electron chi connectivity index (χ2n) is 9.33. The Morgan fingerprint density at radius 1 is 1.03 bits per heavy atom. The number of para-hydroxylation sites is 1. The first kappa shape index (κ1) is 20.0. The van der Waals surface area contributed by atoms with E-state index in [4.69, 9.17) is 4.74 Å². The van der Waals surface area contributed by atoms with E-state index >= 15 is 0 Å². The fourth-order valence-corrected chi connectivity index (χ4v) is 6.16. The molecule has 7 heteroatoms. The number of nitrogens with one attached hydrogen (secondary N) is 2. The van der Waals surface area contributed by atoms with Gasteiger partial charge < -0.3 is 15.4 Å². The maximum atomic E-state index is 14.0. The van der Waals surface area contributed by atoms with Crippen molar-refractivity contribution in [3.63, 3.8) is 0 Å². The van der Waals surface area contributed by atoms with Gasteiger partial charge in [-0.2, -0.15) is 0 Å². The molecule has 1 aromatic carbocycles. The lowest BCUT2D eigenvalue weighted by Crippen LogP contribution is -2.60. The Kier molecular flexibility index (Phi) is 5.12. The number of carbonyl (C=O) groups is 2. The summed E-state index contributed by atoms with van der Waals surface area (Å²) in [6.07, 6.45) is 8.50. The van der Waals surface area contributed by atoms with Gasteiger partial charge in [0.2, 0.25) is 0 Å². The van der Waals surface area contributed by atoms with E-state index in [2.05, 4.69) is 15.6 Å². The zero-order valence-corrected chi connectivity index (χ0v) is 17.3. The molecule has 4 aliphatic carbocycles. The van der Waals surface area contributed by atoms with E-state index in [-0.39, 0.29) is 35.1 Å². The molecule has 31 heavy (non-hydrogen) atoms. The Hall–Kier alpha value is -2.96. The molecule has 4 fully saturated rings. The number of hydrogen-bond acceptors (Lipinski definition) is 5. The summed E-state index contributed by atoms with van der Waals surface area (Å²) in [7, 11) is 0. The summed E-state index contributed by atoms with van der Waals surface area (Å²) in [6.45, 7) is -0.339. The Bertz CT molecular complexity index is 974. The summed E-state index contributed by atoms with van der Waals surface area (Å²) in [5.74, 6) is 0.946. The lowest BCUT2D eigenvalue weighted by atomic mass is 9.53. The van der Waals surface area contributed by atoms with Gasteiger partial charge in [-0.05, 0) is 80.5 Å². The third kappa shape index (κ3) is 4.13. The van der Waals surface area contributed by atoms with Gasteiger partial charge in [-0.3, -0.25) is 4.79 Å². The van der Waals surface area contributed by atoms with Crippen molar-refractivity contribution < 1.29 is 18.7 Å². The molecule has 162 valence electrons. The predicted octanol–water partition coefficient (Wildman–Crippen LogP) is 4.21. The van der Waals surface area contributed by atoms with E-state index in [9.17, 15) is 14.0 Å². The highest BCUT2D eigenvalue weighted by Crippen LogP contribution is 2.55. The molecule has 1 aromatic heterocycles. The number of anilines is 2. The molecule has 0 unspecified atom stereocenters. The van der Waals surface area contributed by atoms with E-state index in [1.165, 1.54) is 37.6 Å². The van der Waals surface area contributed by atoms with Crippen LogP contribution in [-0.4, -0.2) is 29.0 Å². The van der Waals surface area contributed by atoms with Crippen LogP contribution in [0.2, 0.25) is 0 Å². The van der Waals surface area contributed by atoms with Gasteiger partial charge >= 0.3 is 5.97 Å². The van der Waals surface area contributed by atoms with E-state index in [1.54, 1.807) is 24.3 Å². The zero-order chi connectivity index (χ0) is 21.4. The Labute approximate surface area is 180 Å². The smallest absolute Gasteiger partial charge is 0.342 e. The molecule has 6 rings (SSSR count). The fraction of sp³-hybridized carbons (Fsp3) is 0.458. The molecule has 4 saturated carbocycles. The lowest BCUT2D eigenvalue weighted by Gasteiger charge is -2.56. The van der Waals surface area contributed by atoms with Crippen LogP contribution >= 0.6 is 0 Å². The molecule has 1 amide bonds. The van der Waals surface area contributed by atoms with Gasteiger partial charge in [0.25, 0.3) is 5.91 Å². The molecule has 4 bridgehead atoms. The van der Waals surface area contributed by atoms with Crippen molar-refractivity contribution in [1.82, 2.24) is 10.3 Å². The van der Waals surface area contributed by atoms with Gasteiger partial charge in [-0.15, -0.1) is 0 Å². The van der Waals surface area contributed by atoms with Gasteiger partial charge in [0.1, 0.15) is 17.2 Å². The SMILES string of the molecule is O=C(COC(=O)c1cccnc1Nc1ccccc1F)NC12CC3CC(CC(C3)C1)C2. The van der Waals surface area contributed by atoms with Crippen LogP contribution in [0.4, 0.5) is 15.9 Å². The average Bonchev–Trinajstić information content (AvgIpc) is 2.73.